The molecule has 37 heavy (non-hydrogen) atoms. The van der Waals surface area contributed by atoms with Crippen LogP contribution in [0.2, 0.25) is 0 Å². The van der Waals surface area contributed by atoms with Crippen molar-refractivity contribution in [3.63, 3.8) is 0 Å². The van der Waals surface area contributed by atoms with Gasteiger partial charge in [-0.05, 0) is 25.0 Å². The maximum atomic E-state index is 12.2. The van der Waals surface area contributed by atoms with Crippen molar-refractivity contribution in [2.45, 2.75) is 135 Å². The third-order valence-electron chi connectivity index (χ3n) is 6.13. The van der Waals surface area contributed by atoms with Crippen molar-refractivity contribution in [3.05, 3.63) is 0 Å². The number of esters is 1. The summed E-state index contributed by atoms with van der Waals surface area (Å²) >= 11 is 1.64. The Bertz CT molecular complexity index is 573. The molecule has 0 aliphatic rings. The van der Waals surface area contributed by atoms with Crippen LogP contribution in [0.4, 0.5) is 0 Å². The first-order valence-electron chi connectivity index (χ1n) is 14.4. The predicted octanol–water partition coefficient (Wildman–Crippen LogP) is 7.35. The minimum absolute atomic E-state index is 0.287. The highest BCUT2D eigenvalue weighted by molar-refractivity contribution is 7.99. The van der Waals surface area contributed by atoms with Crippen LogP contribution < -0.4 is 0 Å². The van der Waals surface area contributed by atoms with Gasteiger partial charge in [0.1, 0.15) is 6.10 Å². The first kappa shape index (κ1) is 36.4. The Labute approximate surface area is 229 Å². The summed E-state index contributed by atoms with van der Waals surface area (Å²) in [4.78, 5) is 40.3. The monoisotopic (exact) mass is 568 g/mol. The highest BCUT2D eigenvalue weighted by atomic mass is 32.2. The van der Waals surface area contributed by atoms with Crippen LogP contribution in [0.15, 0.2) is 0 Å². The molecule has 8 nitrogen and oxygen atoms in total. The number of unbranched alkanes of at least 4 members (excludes halogenated alkanes) is 16. The van der Waals surface area contributed by atoms with Gasteiger partial charge in [-0.1, -0.05) is 103 Å². The molecule has 0 saturated heterocycles. The number of carbonyl (C=O) groups excluding carboxylic acids is 2. The molecule has 0 fully saturated rings. The lowest BCUT2D eigenvalue weighted by atomic mass is 10.1. The van der Waals surface area contributed by atoms with Gasteiger partial charge in [0.2, 0.25) is 0 Å². The van der Waals surface area contributed by atoms with Gasteiger partial charge >= 0.3 is 13.8 Å². The third kappa shape index (κ3) is 29.8. The Morgan fingerprint density at radius 1 is 0.811 bits per heavy atom. The average Bonchev–Trinajstić information content (AvgIpc) is 2.85. The summed E-state index contributed by atoms with van der Waals surface area (Å²) in [5.41, 5.74) is 0. The van der Waals surface area contributed by atoms with Crippen LogP contribution in [0.25, 0.3) is 0 Å². The molecule has 0 spiro atoms. The Morgan fingerprint density at radius 2 is 1.32 bits per heavy atom. The number of carbonyl (C=O) groups is 2. The van der Waals surface area contributed by atoms with E-state index in [0.717, 1.165) is 50.7 Å². The second kappa shape index (κ2) is 27.0. The maximum absolute atomic E-state index is 12.2. The topological polar surface area (TPSA) is 119 Å². The normalized spacial score (nSPS) is 12.4. The lowest BCUT2D eigenvalue weighted by Gasteiger charge is -2.18. The number of thioether (sulfide) groups is 1. The molecule has 0 rings (SSSR count). The van der Waals surface area contributed by atoms with Crippen LogP contribution in [-0.4, -0.2) is 53.1 Å². The van der Waals surface area contributed by atoms with Gasteiger partial charge in [-0.25, -0.2) is 4.57 Å². The molecule has 0 aromatic heterocycles. The molecule has 220 valence electrons. The molecule has 0 bridgehead atoms. The van der Waals surface area contributed by atoms with E-state index in [1.807, 2.05) is 0 Å². The molecule has 2 N–H and O–H groups in total. The summed E-state index contributed by atoms with van der Waals surface area (Å²) in [7, 11) is -4.60. The Hall–Kier alpha value is -0.600. The van der Waals surface area contributed by atoms with Gasteiger partial charge < -0.3 is 19.3 Å². The first-order chi connectivity index (χ1) is 17.9. The van der Waals surface area contributed by atoms with Gasteiger partial charge in [-0.3, -0.25) is 14.1 Å². The molecule has 0 heterocycles. The lowest BCUT2D eigenvalue weighted by Crippen LogP contribution is -2.25. The highest BCUT2D eigenvalue weighted by Gasteiger charge is 2.21. The van der Waals surface area contributed by atoms with E-state index in [2.05, 4.69) is 16.2 Å². The molecule has 10 heteroatoms. The second-order valence-corrected chi connectivity index (χ2v) is 12.1. The van der Waals surface area contributed by atoms with Crippen molar-refractivity contribution >= 4 is 32.0 Å². The Morgan fingerprint density at radius 3 is 1.86 bits per heavy atom. The largest absolute Gasteiger partial charge is 0.469 e. The number of phosphoric ester groups is 1. The fraction of sp³-hybridized carbons (Fsp3) is 0.926. The summed E-state index contributed by atoms with van der Waals surface area (Å²) in [5, 5.41) is 0. The van der Waals surface area contributed by atoms with Crippen molar-refractivity contribution in [3.8, 4) is 0 Å². The van der Waals surface area contributed by atoms with E-state index >= 15 is 0 Å². The van der Waals surface area contributed by atoms with Gasteiger partial charge in [0, 0.05) is 12.2 Å². The zero-order valence-corrected chi connectivity index (χ0v) is 24.8. The number of hydrogen-bond acceptors (Lipinski definition) is 7. The minimum atomic E-state index is -4.60. The summed E-state index contributed by atoms with van der Waals surface area (Å²) in [6.45, 7) is 2.95. The van der Waals surface area contributed by atoms with E-state index in [-0.39, 0.29) is 12.6 Å². The highest BCUT2D eigenvalue weighted by Crippen LogP contribution is 2.36. The number of ether oxygens (including phenoxy) is 2. The molecule has 0 aromatic carbocycles. The van der Waals surface area contributed by atoms with Gasteiger partial charge in [0.25, 0.3) is 6.47 Å². The Kier molecular flexibility index (Phi) is 26.5. The molecule has 0 aliphatic carbocycles. The molecule has 1 atom stereocenters. The fourth-order valence-electron chi connectivity index (χ4n) is 4.01. The fourth-order valence-corrected chi connectivity index (χ4v) is 5.37. The summed E-state index contributed by atoms with van der Waals surface area (Å²) < 4.78 is 25.8. The van der Waals surface area contributed by atoms with E-state index < -0.39 is 13.9 Å². The molecular weight excluding hydrogens is 515 g/mol. The molecular formula is C27H53O8PS. The molecule has 0 aliphatic heterocycles. The van der Waals surface area contributed by atoms with Gasteiger partial charge in [0.05, 0.1) is 13.2 Å². The molecule has 0 saturated carbocycles. The number of rotatable bonds is 29. The summed E-state index contributed by atoms with van der Waals surface area (Å²) in [6.07, 6.45) is 20.4. The van der Waals surface area contributed by atoms with Crippen molar-refractivity contribution in [2.24, 2.45) is 0 Å². The zero-order chi connectivity index (χ0) is 27.5. The average molecular weight is 569 g/mol. The maximum Gasteiger partial charge on any atom is 0.469 e. The van der Waals surface area contributed by atoms with E-state index in [1.54, 1.807) is 11.8 Å². The van der Waals surface area contributed by atoms with E-state index in [0.29, 0.717) is 25.3 Å². The van der Waals surface area contributed by atoms with Crippen LogP contribution in [0, 0.1) is 0 Å². The summed E-state index contributed by atoms with van der Waals surface area (Å²) in [5.74, 6) is 1.08. The van der Waals surface area contributed by atoms with Crippen molar-refractivity contribution < 1.29 is 37.9 Å². The van der Waals surface area contributed by atoms with Crippen molar-refractivity contribution in [1.29, 1.82) is 0 Å². The van der Waals surface area contributed by atoms with Crippen LogP contribution in [0.3, 0.4) is 0 Å². The Balaban J connectivity index is 3.85. The van der Waals surface area contributed by atoms with Crippen LogP contribution in [0.1, 0.15) is 129 Å². The number of phosphoric acid groups is 1. The lowest BCUT2D eigenvalue weighted by molar-refractivity contribution is -0.149. The third-order valence-corrected chi connectivity index (χ3v) is 7.80. The van der Waals surface area contributed by atoms with Crippen LogP contribution in [0.5, 0.6) is 0 Å². The molecule has 0 amide bonds. The smallest absolute Gasteiger partial charge is 0.468 e. The van der Waals surface area contributed by atoms with Gasteiger partial charge in [-0.2, -0.15) is 11.8 Å². The predicted molar refractivity (Wildman–Crippen MR) is 151 cm³/mol. The van der Waals surface area contributed by atoms with Gasteiger partial charge in [0.15, 0.2) is 0 Å². The second-order valence-electron chi connectivity index (χ2n) is 9.70. The van der Waals surface area contributed by atoms with Crippen LogP contribution in [-0.2, 0) is 28.2 Å². The van der Waals surface area contributed by atoms with E-state index in [4.69, 9.17) is 14.5 Å². The van der Waals surface area contributed by atoms with Crippen molar-refractivity contribution in [2.75, 3.05) is 24.7 Å². The standard InChI is InChI=1S/C27H53O8PS/c1-2-3-4-5-6-11-14-17-20-27(29)35-26(23-34-36(30,31)32)24-37-22-19-16-13-10-8-7-9-12-15-18-21-33-25-28/h25-26H,2-24H2,1H3,(H2,30,31,32)/t26-/m1/s1. The molecule has 0 unspecified atom stereocenters. The SMILES string of the molecule is CCCCCCCCCCC(=O)O[C@H](COP(=O)(O)O)CSCCCCCCCCCCCCOC=O. The van der Waals surface area contributed by atoms with E-state index in [1.165, 1.54) is 70.6 Å². The van der Waals surface area contributed by atoms with Crippen LogP contribution >= 0.6 is 19.6 Å². The first-order valence-corrected chi connectivity index (χ1v) is 17.1. The quantitative estimate of drug-likeness (QED) is 0.0413. The van der Waals surface area contributed by atoms with Gasteiger partial charge in [-0.15, -0.1) is 0 Å². The van der Waals surface area contributed by atoms with Crippen molar-refractivity contribution in [1.82, 2.24) is 0 Å². The number of hydrogen-bond donors (Lipinski definition) is 2. The zero-order valence-electron chi connectivity index (χ0n) is 23.1. The molecule has 0 radical (unpaired) electrons. The molecule has 0 aromatic rings. The summed E-state index contributed by atoms with van der Waals surface area (Å²) in [6, 6.07) is 0. The minimum Gasteiger partial charge on any atom is -0.468 e. The van der Waals surface area contributed by atoms with E-state index in [9.17, 15) is 14.2 Å².